The van der Waals surface area contributed by atoms with E-state index in [4.69, 9.17) is 4.74 Å². The van der Waals surface area contributed by atoms with Crippen molar-refractivity contribution in [3.05, 3.63) is 28.2 Å². The van der Waals surface area contributed by atoms with E-state index >= 15 is 0 Å². The molecule has 0 saturated heterocycles. The molecule has 1 aromatic rings. The third-order valence-corrected chi connectivity index (χ3v) is 2.85. The van der Waals surface area contributed by atoms with E-state index in [2.05, 4.69) is 41.9 Å². The molecule has 2 nitrogen and oxygen atoms in total. The van der Waals surface area contributed by atoms with Crippen LogP contribution in [0.4, 0.5) is 0 Å². The molecule has 0 amide bonds. The van der Waals surface area contributed by atoms with E-state index in [1.807, 2.05) is 6.07 Å². The topological polar surface area (TPSA) is 44.2 Å². The molecule has 3 heteroatoms. The number of hydrogen-bond donors (Lipinski definition) is 1. The predicted molar refractivity (Wildman–Crippen MR) is 68.9 cm³/mol. The van der Waals surface area contributed by atoms with E-state index in [1.54, 1.807) is 7.11 Å². The van der Waals surface area contributed by atoms with Gasteiger partial charge in [0.15, 0.2) is 0 Å². The molecule has 86 valence electrons. The van der Waals surface area contributed by atoms with Gasteiger partial charge in [-0.3, -0.25) is 0 Å². The van der Waals surface area contributed by atoms with Crippen LogP contribution in [0.5, 0.6) is 5.75 Å². The number of ether oxygens (including phenoxy) is 1. The summed E-state index contributed by atoms with van der Waals surface area (Å²) in [5.74, 6) is 1.66. The van der Waals surface area contributed by atoms with Gasteiger partial charge in [0, 0.05) is 0 Å². The standard InChI is InChI=1S/C12H17BrO.H3N/c1-9(2)4-5-10-6-7-12(14-3)11(13)8-10;/h6-9H,4-5H2,1-3H3;1H3. The summed E-state index contributed by atoms with van der Waals surface area (Å²) in [4.78, 5) is 0. The van der Waals surface area contributed by atoms with Gasteiger partial charge in [-0.05, 0) is 52.4 Å². The van der Waals surface area contributed by atoms with Gasteiger partial charge in [-0.2, -0.15) is 0 Å². The van der Waals surface area contributed by atoms with Crippen LogP contribution in [0.2, 0.25) is 0 Å². The fourth-order valence-electron chi connectivity index (χ4n) is 1.32. The Bertz CT molecular complexity index is 300. The molecule has 15 heavy (non-hydrogen) atoms. The molecule has 0 fully saturated rings. The molecular weight excluding hydrogens is 254 g/mol. The van der Waals surface area contributed by atoms with E-state index in [-0.39, 0.29) is 6.15 Å². The number of halogens is 1. The second kappa shape index (κ2) is 6.85. The fourth-order valence-corrected chi connectivity index (χ4v) is 1.91. The highest BCUT2D eigenvalue weighted by atomic mass is 79.9. The summed E-state index contributed by atoms with van der Waals surface area (Å²) in [5, 5.41) is 0. The van der Waals surface area contributed by atoms with Crippen LogP contribution in [-0.4, -0.2) is 7.11 Å². The van der Waals surface area contributed by atoms with Crippen LogP contribution in [0.15, 0.2) is 22.7 Å². The van der Waals surface area contributed by atoms with Gasteiger partial charge in [-0.25, -0.2) is 0 Å². The van der Waals surface area contributed by atoms with Crippen molar-refractivity contribution in [1.82, 2.24) is 6.15 Å². The molecule has 0 bridgehead atoms. The first-order valence-corrected chi connectivity index (χ1v) is 5.75. The predicted octanol–water partition coefficient (Wildman–Crippen LogP) is 4.21. The minimum atomic E-state index is 0. The third-order valence-electron chi connectivity index (χ3n) is 2.23. The van der Waals surface area contributed by atoms with Crippen LogP contribution < -0.4 is 10.9 Å². The molecule has 0 spiro atoms. The summed E-state index contributed by atoms with van der Waals surface area (Å²) in [6.45, 7) is 4.50. The molecule has 1 rings (SSSR count). The lowest BCUT2D eigenvalue weighted by atomic mass is 10.0. The average molecular weight is 274 g/mol. The Kier molecular flexibility index (Phi) is 6.61. The third kappa shape index (κ3) is 4.67. The molecule has 0 aromatic heterocycles. The van der Waals surface area contributed by atoms with E-state index < -0.39 is 0 Å². The zero-order valence-electron chi connectivity index (χ0n) is 9.72. The lowest BCUT2D eigenvalue weighted by Gasteiger charge is -2.07. The lowest BCUT2D eigenvalue weighted by Crippen LogP contribution is -1.93. The monoisotopic (exact) mass is 273 g/mol. The highest BCUT2D eigenvalue weighted by molar-refractivity contribution is 9.10. The zero-order chi connectivity index (χ0) is 10.6. The van der Waals surface area contributed by atoms with Gasteiger partial charge in [0.2, 0.25) is 0 Å². The molecule has 0 aliphatic carbocycles. The van der Waals surface area contributed by atoms with Crippen LogP contribution in [0, 0.1) is 5.92 Å². The molecule has 0 aliphatic heterocycles. The van der Waals surface area contributed by atoms with Crippen molar-refractivity contribution >= 4 is 15.9 Å². The molecule has 0 heterocycles. The average Bonchev–Trinajstić information content (AvgIpc) is 2.15. The molecule has 0 unspecified atom stereocenters. The van der Waals surface area contributed by atoms with Crippen LogP contribution in [0.1, 0.15) is 25.8 Å². The van der Waals surface area contributed by atoms with E-state index in [0.717, 1.165) is 22.6 Å². The number of hydrogen-bond acceptors (Lipinski definition) is 2. The normalized spacial score (nSPS) is 9.93. The van der Waals surface area contributed by atoms with Crippen molar-refractivity contribution in [1.29, 1.82) is 0 Å². The minimum absolute atomic E-state index is 0. The second-order valence-electron chi connectivity index (χ2n) is 3.90. The first kappa shape index (κ1) is 14.5. The Labute approximate surface area is 101 Å². The summed E-state index contributed by atoms with van der Waals surface area (Å²) in [7, 11) is 1.69. The highest BCUT2D eigenvalue weighted by Crippen LogP contribution is 2.26. The molecular formula is C12H20BrNO. The zero-order valence-corrected chi connectivity index (χ0v) is 11.3. The smallest absolute Gasteiger partial charge is 0.133 e. The van der Waals surface area contributed by atoms with E-state index in [9.17, 15) is 0 Å². The summed E-state index contributed by atoms with van der Waals surface area (Å²) >= 11 is 3.49. The van der Waals surface area contributed by atoms with E-state index in [1.165, 1.54) is 12.0 Å². The molecule has 0 radical (unpaired) electrons. The Balaban J connectivity index is 0.00000196. The second-order valence-corrected chi connectivity index (χ2v) is 4.76. The molecule has 0 atom stereocenters. The van der Waals surface area contributed by atoms with Crippen LogP contribution >= 0.6 is 15.9 Å². The summed E-state index contributed by atoms with van der Waals surface area (Å²) in [5.41, 5.74) is 1.37. The molecule has 0 aliphatic rings. The molecule has 0 saturated carbocycles. The lowest BCUT2D eigenvalue weighted by molar-refractivity contribution is 0.412. The Morgan fingerprint density at radius 3 is 2.47 bits per heavy atom. The highest BCUT2D eigenvalue weighted by Gasteiger charge is 2.02. The Morgan fingerprint density at radius 2 is 2.00 bits per heavy atom. The van der Waals surface area contributed by atoms with Crippen molar-refractivity contribution in [2.75, 3.05) is 7.11 Å². The maximum absolute atomic E-state index is 5.18. The fraction of sp³-hybridized carbons (Fsp3) is 0.500. The molecule has 3 N–H and O–H groups in total. The first-order chi connectivity index (χ1) is 6.63. The van der Waals surface area contributed by atoms with Gasteiger partial charge in [-0.1, -0.05) is 19.9 Å². The van der Waals surface area contributed by atoms with Gasteiger partial charge in [0.1, 0.15) is 5.75 Å². The van der Waals surface area contributed by atoms with Crippen LogP contribution in [0.3, 0.4) is 0 Å². The maximum Gasteiger partial charge on any atom is 0.133 e. The maximum atomic E-state index is 5.18. The van der Waals surface area contributed by atoms with Crippen molar-refractivity contribution in [2.24, 2.45) is 5.92 Å². The van der Waals surface area contributed by atoms with E-state index in [0.29, 0.717) is 0 Å². The van der Waals surface area contributed by atoms with Crippen LogP contribution in [0.25, 0.3) is 0 Å². The van der Waals surface area contributed by atoms with Crippen molar-refractivity contribution < 1.29 is 4.74 Å². The minimum Gasteiger partial charge on any atom is -0.496 e. The van der Waals surface area contributed by atoms with Gasteiger partial charge >= 0.3 is 0 Å². The van der Waals surface area contributed by atoms with Crippen molar-refractivity contribution in [3.63, 3.8) is 0 Å². The van der Waals surface area contributed by atoms with Gasteiger partial charge in [0.25, 0.3) is 0 Å². The van der Waals surface area contributed by atoms with Crippen molar-refractivity contribution in [3.8, 4) is 5.75 Å². The quantitative estimate of drug-likeness (QED) is 0.893. The van der Waals surface area contributed by atoms with Gasteiger partial charge in [0.05, 0.1) is 11.6 Å². The largest absolute Gasteiger partial charge is 0.496 e. The number of methoxy groups -OCH3 is 1. The summed E-state index contributed by atoms with van der Waals surface area (Å²) in [6.07, 6.45) is 2.37. The van der Waals surface area contributed by atoms with Gasteiger partial charge in [-0.15, -0.1) is 0 Å². The Morgan fingerprint density at radius 1 is 1.33 bits per heavy atom. The number of aryl methyl sites for hydroxylation is 1. The first-order valence-electron chi connectivity index (χ1n) is 4.96. The SMILES string of the molecule is COc1ccc(CCC(C)C)cc1Br.N. The summed E-state index contributed by atoms with van der Waals surface area (Å²) < 4.78 is 6.22. The number of rotatable bonds is 4. The Hall–Kier alpha value is -0.540. The van der Waals surface area contributed by atoms with Crippen LogP contribution in [-0.2, 0) is 6.42 Å². The van der Waals surface area contributed by atoms with Gasteiger partial charge < -0.3 is 10.9 Å². The number of benzene rings is 1. The van der Waals surface area contributed by atoms with Crippen molar-refractivity contribution in [2.45, 2.75) is 26.7 Å². The summed E-state index contributed by atoms with van der Waals surface area (Å²) in [6, 6.07) is 6.28. The molecule has 1 aromatic carbocycles.